The van der Waals surface area contributed by atoms with Gasteiger partial charge in [0.2, 0.25) is 0 Å². The molecule has 0 bridgehead atoms. The number of nitrogens with one attached hydrogen (secondary N) is 1. The van der Waals surface area contributed by atoms with Gasteiger partial charge in [-0.15, -0.1) is 0 Å². The largest absolute Gasteiger partial charge is 0.392 e. The van der Waals surface area contributed by atoms with Crippen LogP contribution in [-0.2, 0) is 0 Å². The van der Waals surface area contributed by atoms with Gasteiger partial charge >= 0.3 is 0 Å². The van der Waals surface area contributed by atoms with Crippen LogP contribution in [0, 0.1) is 23.7 Å². The molecule has 1 N–H and O–H groups in total. The molecule has 4 atom stereocenters. The van der Waals surface area contributed by atoms with Gasteiger partial charge in [-0.1, -0.05) is 13.5 Å². The predicted octanol–water partition coefficient (Wildman–Crippen LogP) is 2.40. The third kappa shape index (κ3) is 1.50. The van der Waals surface area contributed by atoms with Crippen molar-refractivity contribution in [3.63, 3.8) is 0 Å². The van der Waals surface area contributed by atoms with Gasteiger partial charge in [-0.2, -0.15) is 0 Å². The smallest absolute Gasteiger partial charge is 0.00339 e. The number of rotatable bonds is 4. The minimum absolute atomic E-state index is 0.972. The van der Waals surface area contributed by atoms with E-state index in [4.69, 9.17) is 0 Å². The van der Waals surface area contributed by atoms with E-state index in [1.54, 1.807) is 0 Å². The van der Waals surface area contributed by atoms with Gasteiger partial charge in [0.05, 0.1) is 0 Å². The fourth-order valence-corrected chi connectivity index (χ4v) is 2.40. The van der Waals surface area contributed by atoms with E-state index in [1.165, 1.54) is 25.0 Å². The van der Waals surface area contributed by atoms with Crippen LogP contribution >= 0.6 is 0 Å². The van der Waals surface area contributed by atoms with Crippen molar-refractivity contribution in [1.29, 1.82) is 0 Å². The summed E-state index contributed by atoms with van der Waals surface area (Å²) < 4.78 is 0. The molecule has 1 nitrogen and oxygen atoms in total. The van der Waals surface area contributed by atoms with Crippen molar-refractivity contribution in [2.45, 2.75) is 26.2 Å². The van der Waals surface area contributed by atoms with E-state index in [2.05, 4.69) is 18.8 Å². The van der Waals surface area contributed by atoms with Crippen molar-refractivity contribution in [2.24, 2.45) is 23.7 Å². The number of hydrogen-bond acceptors (Lipinski definition) is 1. The van der Waals surface area contributed by atoms with Crippen LogP contribution in [0.3, 0.4) is 0 Å². The highest BCUT2D eigenvalue weighted by Gasteiger charge is 2.51. The van der Waals surface area contributed by atoms with Gasteiger partial charge in [0.15, 0.2) is 0 Å². The average Bonchev–Trinajstić information content (AvgIpc) is 2.88. The zero-order valence-electron chi connectivity index (χ0n) is 8.14. The normalized spacial score (nSPS) is 43.8. The molecule has 0 radical (unpaired) electrons. The summed E-state index contributed by atoms with van der Waals surface area (Å²) in [4.78, 5) is 0. The predicted molar refractivity (Wildman–Crippen MR) is 51.7 cm³/mol. The second kappa shape index (κ2) is 2.79. The molecule has 0 amide bonds. The molecule has 0 aliphatic heterocycles. The van der Waals surface area contributed by atoms with Crippen LogP contribution < -0.4 is 5.32 Å². The Morgan fingerprint density at radius 2 is 2.08 bits per heavy atom. The molecule has 1 heteroatoms. The molecule has 0 aromatic carbocycles. The SMILES string of the molecule is C=C(CC1CC1C1CC1C)NC. The molecular weight excluding hydrogens is 146 g/mol. The van der Waals surface area contributed by atoms with Crippen LogP contribution in [0.5, 0.6) is 0 Å². The molecule has 2 rings (SSSR count). The third-order valence-electron chi connectivity index (χ3n) is 3.56. The maximum atomic E-state index is 3.98. The molecule has 4 unspecified atom stereocenters. The van der Waals surface area contributed by atoms with E-state index in [9.17, 15) is 0 Å². The summed E-state index contributed by atoms with van der Waals surface area (Å²) in [6.45, 7) is 6.36. The summed E-state index contributed by atoms with van der Waals surface area (Å²) in [5.74, 6) is 4.15. The van der Waals surface area contributed by atoms with Crippen molar-refractivity contribution >= 4 is 0 Å². The Balaban J connectivity index is 1.70. The fourth-order valence-electron chi connectivity index (χ4n) is 2.40. The molecule has 12 heavy (non-hydrogen) atoms. The highest BCUT2D eigenvalue weighted by Crippen LogP contribution is 2.59. The molecule has 0 aromatic heterocycles. The van der Waals surface area contributed by atoms with Gasteiger partial charge < -0.3 is 5.32 Å². The Bertz CT molecular complexity index is 197. The van der Waals surface area contributed by atoms with Gasteiger partial charge in [-0.3, -0.25) is 0 Å². The first-order chi connectivity index (χ1) is 5.72. The van der Waals surface area contributed by atoms with Crippen molar-refractivity contribution in [3.8, 4) is 0 Å². The van der Waals surface area contributed by atoms with Gasteiger partial charge in [0.25, 0.3) is 0 Å². The summed E-state index contributed by atoms with van der Waals surface area (Å²) in [6, 6.07) is 0. The zero-order chi connectivity index (χ0) is 8.72. The van der Waals surface area contributed by atoms with Gasteiger partial charge in [0.1, 0.15) is 0 Å². The molecule has 0 heterocycles. The van der Waals surface area contributed by atoms with Crippen LogP contribution in [0.2, 0.25) is 0 Å². The Morgan fingerprint density at radius 3 is 2.58 bits per heavy atom. The van der Waals surface area contributed by atoms with E-state index in [-0.39, 0.29) is 0 Å². The minimum atomic E-state index is 0.972. The highest BCUT2D eigenvalue weighted by atomic mass is 14.8. The van der Waals surface area contributed by atoms with E-state index < -0.39 is 0 Å². The molecule has 2 fully saturated rings. The first kappa shape index (κ1) is 8.15. The Hall–Kier alpha value is -0.460. The topological polar surface area (TPSA) is 12.0 Å². The fraction of sp³-hybridized carbons (Fsp3) is 0.818. The van der Waals surface area contributed by atoms with Gasteiger partial charge in [-0.05, 0) is 42.9 Å². The van der Waals surface area contributed by atoms with Gasteiger partial charge in [-0.25, -0.2) is 0 Å². The first-order valence-corrected chi connectivity index (χ1v) is 5.08. The Kier molecular flexibility index (Phi) is 1.90. The maximum Gasteiger partial charge on any atom is 0.00339 e. The second-order valence-electron chi connectivity index (χ2n) is 4.59. The van der Waals surface area contributed by atoms with Crippen LogP contribution in [-0.4, -0.2) is 7.05 Å². The van der Waals surface area contributed by atoms with E-state index in [0.29, 0.717) is 0 Å². The first-order valence-electron chi connectivity index (χ1n) is 5.08. The second-order valence-corrected chi connectivity index (χ2v) is 4.59. The lowest BCUT2D eigenvalue weighted by atomic mass is 10.1. The average molecular weight is 165 g/mol. The quantitative estimate of drug-likeness (QED) is 0.674. The van der Waals surface area contributed by atoms with Crippen LogP contribution in [0.25, 0.3) is 0 Å². The lowest BCUT2D eigenvalue weighted by Gasteiger charge is -2.02. The summed E-state index contributed by atoms with van der Waals surface area (Å²) in [7, 11) is 1.97. The van der Waals surface area contributed by atoms with Crippen molar-refractivity contribution < 1.29 is 0 Å². The molecule has 0 spiro atoms. The van der Waals surface area contributed by atoms with E-state index in [1.807, 2.05) is 7.05 Å². The highest BCUT2D eigenvalue weighted by molar-refractivity contribution is 5.05. The molecule has 2 aliphatic carbocycles. The summed E-state index contributed by atoms with van der Waals surface area (Å²) in [5, 5.41) is 3.13. The van der Waals surface area contributed by atoms with Gasteiger partial charge in [0, 0.05) is 12.7 Å². The van der Waals surface area contributed by atoms with E-state index in [0.717, 1.165) is 23.7 Å². The summed E-state index contributed by atoms with van der Waals surface area (Å²) >= 11 is 0. The van der Waals surface area contributed by atoms with Crippen LogP contribution in [0.1, 0.15) is 26.2 Å². The van der Waals surface area contributed by atoms with Crippen LogP contribution in [0.15, 0.2) is 12.3 Å². The zero-order valence-corrected chi connectivity index (χ0v) is 8.14. The van der Waals surface area contributed by atoms with Crippen LogP contribution in [0.4, 0.5) is 0 Å². The lowest BCUT2D eigenvalue weighted by molar-refractivity contribution is 0.582. The summed E-state index contributed by atoms with van der Waals surface area (Å²) in [6.07, 6.45) is 4.17. The standard InChI is InChI=1S/C11H19N/c1-7-4-10(7)11-6-9(11)5-8(2)12-3/h7,9-12H,2,4-6H2,1,3H3. The Labute approximate surface area is 75.2 Å². The molecular formula is C11H19N. The van der Waals surface area contributed by atoms with Crippen molar-refractivity contribution in [3.05, 3.63) is 12.3 Å². The molecule has 0 saturated heterocycles. The maximum absolute atomic E-state index is 3.98. The van der Waals surface area contributed by atoms with E-state index >= 15 is 0 Å². The molecule has 0 aromatic rings. The molecule has 2 aliphatic rings. The minimum Gasteiger partial charge on any atom is -0.392 e. The van der Waals surface area contributed by atoms with Crippen molar-refractivity contribution in [2.75, 3.05) is 7.05 Å². The Morgan fingerprint density at radius 1 is 1.42 bits per heavy atom. The summed E-state index contributed by atoms with van der Waals surface area (Å²) in [5.41, 5.74) is 1.22. The van der Waals surface area contributed by atoms with Crippen molar-refractivity contribution in [1.82, 2.24) is 5.32 Å². The molecule has 68 valence electrons. The monoisotopic (exact) mass is 165 g/mol. The number of allylic oxidation sites excluding steroid dienone is 1. The lowest BCUT2D eigenvalue weighted by Crippen LogP contribution is -2.05. The molecule has 2 saturated carbocycles. The number of hydrogen-bond donors (Lipinski definition) is 1. The third-order valence-corrected chi connectivity index (χ3v) is 3.56.